The van der Waals surface area contributed by atoms with Gasteiger partial charge in [0.15, 0.2) is 5.17 Å². The Kier molecular flexibility index (Phi) is 5.97. The minimum Gasteiger partial charge on any atom is -0.497 e. The van der Waals surface area contributed by atoms with E-state index in [0.717, 1.165) is 22.9 Å². The number of amidine groups is 1. The number of nitrogens with two attached hydrogens (primary N) is 1. The third kappa shape index (κ3) is 5.39. The first-order valence-electron chi connectivity index (χ1n) is 6.57. The second kappa shape index (κ2) is 8.21. The lowest BCUT2D eigenvalue weighted by molar-refractivity contribution is 0.343. The maximum absolute atomic E-state index is 5.86. The van der Waals surface area contributed by atoms with Gasteiger partial charge in [-0.1, -0.05) is 30.0 Å². The summed E-state index contributed by atoms with van der Waals surface area (Å²) in [5.41, 5.74) is 6.72. The molecule has 0 saturated heterocycles. The molecule has 0 atom stereocenters. The Morgan fingerprint density at radius 3 is 2.38 bits per heavy atom. The number of para-hydroxylation sites is 1. The second-order valence-electron chi connectivity index (χ2n) is 4.16. The highest BCUT2D eigenvalue weighted by atomic mass is 32.2. The van der Waals surface area contributed by atoms with Crippen LogP contribution in [0.4, 0.5) is 5.69 Å². The molecule has 0 saturated carbocycles. The van der Waals surface area contributed by atoms with Gasteiger partial charge in [0.05, 0.1) is 19.4 Å². The van der Waals surface area contributed by atoms with Crippen molar-refractivity contribution in [2.24, 2.45) is 10.7 Å². The molecule has 0 aromatic heterocycles. The van der Waals surface area contributed by atoms with Crippen LogP contribution in [-0.2, 0) is 0 Å². The number of thioether (sulfide) groups is 1. The Morgan fingerprint density at radius 2 is 1.71 bits per heavy atom. The number of rotatable bonds is 6. The summed E-state index contributed by atoms with van der Waals surface area (Å²) in [7, 11) is 1.64. The third-order valence-corrected chi connectivity index (χ3v) is 3.41. The molecule has 0 unspecified atom stereocenters. The lowest BCUT2D eigenvalue weighted by Crippen LogP contribution is -2.10. The van der Waals surface area contributed by atoms with Crippen LogP contribution in [0.2, 0.25) is 0 Å². The Labute approximate surface area is 129 Å². The van der Waals surface area contributed by atoms with E-state index >= 15 is 0 Å². The number of hydrogen-bond acceptors (Lipinski definition) is 4. The third-order valence-electron chi connectivity index (χ3n) is 2.66. The molecule has 0 aliphatic heterocycles. The number of benzene rings is 2. The van der Waals surface area contributed by atoms with Gasteiger partial charge in [-0.05, 0) is 36.4 Å². The van der Waals surface area contributed by atoms with E-state index in [0.29, 0.717) is 11.8 Å². The molecule has 0 spiro atoms. The van der Waals surface area contributed by atoms with Crippen molar-refractivity contribution < 1.29 is 9.47 Å². The number of aliphatic imine (C=N–C) groups is 1. The van der Waals surface area contributed by atoms with Crippen LogP contribution < -0.4 is 15.2 Å². The first-order valence-corrected chi connectivity index (χ1v) is 7.55. The minimum atomic E-state index is 0.541. The molecule has 0 aliphatic carbocycles. The molecule has 0 aliphatic rings. The van der Waals surface area contributed by atoms with Crippen molar-refractivity contribution in [2.75, 3.05) is 19.5 Å². The van der Waals surface area contributed by atoms with Crippen LogP contribution in [0.25, 0.3) is 0 Å². The quantitative estimate of drug-likeness (QED) is 0.504. The SMILES string of the molecule is COc1ccc(OCCSC(N)=Nc2ccccc2)cc1. The van der Waals surface area contributed by atoms with E-state index in [9.17, 15) is 0 Å². The summed E-state index contributed by atoms with van der Waals surface area (Å²) in [5, 5.41) is 0.541. The van der Waals surface area contributed by atoms with Gasteiger partial charge in [0.1, 0.15) is 11.5 Å². The fraction of sp³-hybridized carbons (Fsp3) is 0.188. The van der Waals surface area contributed by atoms with E-state index in [2.05, 4.69) is 4.99 Å². The second-order valence-corrected chi connectivity index (χ2v) is 5.27. The van der Waals surface area contributed by atoms with Crippen LogP contribution in [0.3, 0.4) is 0 Å². The fourth-order valence-electron chi connectivity index (χ4n) is 1.64. The molecule has 0 heterocycles. The maximum Gasteiger partial charge on any atom is 0.159 e. The van der Waals surface area contributed by atoms with Gasteiger partial charge in [-0.3, -0.25) is 0 Å². The van der Waals surface area contributed by atoms with Crippen molar-refractivity contribution in [1.82, 2.24) is 0 Å². The molecule has 4 nitrogen and oxygen atoms in total. The summed E-state index contributed by atoms with van der Waals surface area (Å²) in [6, 6.07) is 17.2. The van der Waals surface area contributed by atoms with Gasteiger partial charge in [0, 0.05) is 5.75 Å². The van der Waals surface area contributed by atoms with Gasteiger partial charge in [-0.15, -0.1) is 0 Å². The molecule has 2 aromatic rings. The molecule has 2 N–H and O–H groups in total. The van der Waals surface area contributed by atoms with E-state index in [1.165, 1.54) is 11.8 Å². The lowest BCUT2D eigenvalue weighted by Gasteiger charge is -2.06. The number of methoxy groups -OCH3 is 1. The summed E-state index contributed by atoms with van der Waals surface area (Å²) in [6.45, 7) is 0.571. The zero-order valence-electron chi connectivity index (χ0n) is 11.9. The summed E-state index contributed by atoms with van der Waals surface area (Å²) >= 11 is 1.48. The first-order chi connectivity index (χ1) is 10.3. The van der Waals surface area contributed by atoms with Crippen molar-refractivity contribution in [3.63, 3.8) is 0 Å². The predicted molar refractivity (Wildman–Crippen MR) is 88.7 cm³/mol. The number of hydrogen-bond donors (Lipinski definition) is 1. The highest BCUT2D eigenvalue weighted by Gasteiger charge is 1.98. The summed E-state index contributed by atoms with van der Waals surface area (Å²) in [6.07, 6.45) is 0. The van der Waals surface area contributed by atoms with Gasteiger partial charge in [0.25, 0.3) is 0 Å². The fourth-order valence-corrected chi connectivity index (χ4v) is 2.19. The van der Waals surface area contributed by atoms with Gasteiger partial charge in [0.2, 0.25) is 0 Å². The molecule has 0 radical (unpaired) electrons. The summed E-state index contributed by atoms with van der Waals surface area (Å²) in [4.78, 5) is 4.31. The molecule has 0 amide bonds. The average molecular weight is 302 g/mol. The molecule has 0 fully saturated rings. The Balaban J connectivity index is 1.72. The van der Waals surface area contributed by atoms with E-state index in [-0.39, 0.29) is 0 Å². The van der Waals surface area contributed by atoms with Gasteiger partial charge in [-0.2, -0.15) is 0 Å². The van der Waals surface area contributed by atoms with Crippen molar-refractivity contribution in [1.29, 1.82) is 0 Å². The van der Waals surface area contributed by atoms with Crippen molar-refractivity contribution in [2.45, 2.75) is 0 Å². The largest absolute Gasteiger partial charge is 0.497 e. The van der Waals surface area contributed by atoms with Gasteiger partial charge >= 0.3 is 0 Å². The smallest absolute Gasteiger partial charge is 0.159 e. The Morgan fingerprint density at radius 1 is 1.05 bits per heavy atom. The molecular formula is C16H18N2O2S. The molecule has 2 aromatic carbocycles. The highest BCUT2D eigenvalue weighted by molar-refractivity contribution is 8.13. The maximum atomic E-state index is 5.86. The number of nitrogens with zero attached hydrogens (tertiary/aromatic N) is 1. The molecule has 0 bridgehead atoms. The van der Waals surface area contributed by atoms with Crippen LogP contribution >= 0.6 is 11.8 Å². The van der Waals surface area contributed by atoms with E-state index < -0.39 is 0 Å². The molecule has 2 rings (SSSR count). The van der Waals surface area contributed by atoms with E-state index in [4.69, 9.17) is 15.2 Å². The minimum absolute atomic E-state index is 0.541. The summed E-state index contributed by atoms with van der Waals surface area (Å²) < 4.78 is 10.7. The zero-order valence-corrected chi connectivity index (χ0v) is 12.7. The van der Waals surface area contributed by atoms with E-state index in [1.807, 2.05) is 54.6 Å². The Bertz CT molecular complexity index is 571. The molecule has 5 heteroatoms. The average Bonchev–Trinajstić information content (AvgIpc) is 2.53. The van der Waals surface area contributed by atoms with Crippen molar-refractivity contribution in [3.05, 3.63) is 54.6 Å². The topological polar surface area (TPSA) is 56.8 Å². The molecule has 110 valence electrons. The van der Waals surface area contributed by atoms with Crippen LogP contribution in [0.5, 0.6) is 11.5 Å². The number of ether oxygens (including phenoxy) is 2. The van der Waals surface area contributed by atoms with Gasteiger partial charge < -0.3 is 15.2 Å². The first kappa shape index (κ1) is 15.3. The zero-order chi connectivity index (χ0) is 14.9. The van der Waals surface area contributed by atoms with Crippen molar-refractivity contribution in [3.8, 4) is 11.5 Å². The summed E-state index contributed by atoms with van der Waals surface area (Å²) in [5.74, 6) is 2.37. The lowest BCUT2D eigenvalue weighted by atomic mass is 10.3. The van der Waals surface area contributed by atoms with Crippen molar-refractivity contribution >= 4 is 22.6 Å². The predicted octanol–water partition coefficient (Wildman–Crippen LogP) is 3.45. The highest BCUT2D eigenvalue weighted by Crippen LogP contribution is 2.17. The normalized spacial score (nSPS) is 11.2. The van der Waals surface area contributed by atoms with Crippen LogP contribution in [-0.4, -0.2) is 24.6 Å². The Hall–Kier alpha value is -2.14. The van der Waals surface area contributed by atoms with Crippen LogP contribution in [0, 0.1) is 0 Å². The molecule has 21 heavy (non-hydrogen) atoms. The monoisotopic (exact) mass is 302 g/mol. The van der Waals surface area contributed by atoms with E-state index in [1.54, 1.807) is 7.11 Å². The van der Waals surface area contributed by atoms with Gasteiger partial charge in [-0.25, -0.2) is 4.99 Å². The molecular weight excluding hydrogens is 284 g/mol. The van der Waals surface area contributed by atoms with Crippen LogP contribution in [0.15, 0.2) is 59.6 Å². The van der Waals surface area contributed by atoms with Crippen LogP contribution in [0.1, 0.15) is 0 Å². The standard InChI is InChI=1S/C16H18N2O2S/c1-19-14-7-9-15(10-8-14)20-11-12-21-16(17)18-13-5-3-2-4-6-13/h2-10H,11-12H2,1H3,(H2,17,18).